The Morgan fingerprint density at radius 3 is 2.65 bits per heavy atom. The first-order valence-corrected chi connectivity index (χ1v) is 6.91. The van der Waals surface area contributed by atoms with Crippen LogP contribution in [0.1, 0.15) is 10.4 Å². The molecule has 0 unspecified atom stereocenters. The highest BCUT2D eigenvalue weighted by Gasteiger charge is 2.16. The van der Waals surface area contributed by atoms with Gasteiger partial charge in [0.1, 0.15) is 6.61 Å². The molecule has 0 bridgehead atoms. The molecule has 0 heterocycles. The molecule has 0 aromatic heterocycles. The van der Waals surface area contributed by atoms with E-state index in [4.69, 9.17) is 16.7 Å². The van der Waals surface area contributed by atoms with Crippen molar-refractivity contribution in [3.8, 4) is 0 Å². The maximum absolute atomic E-state index is 11.5. The predicted molar refractivity (Wildman–Crippen MR) is 61.9 cm³/mol. The van der Waals surface area contributed by atoms with Gasteiger partial charge in [0.2, 0.25) is 0 Å². The predicted octanol–water partition coefficient (Wildman–Crippen LogP) is 0.893. The Labute approximate surface area is 104 Å². The van der Waals surface area contributed by atoms with E-state index in [9.17, 15) is 13.2 Å². The van der Waals surface area contributed by atoms with Crippen molar-refractivity contribution in [2.24, 2.45) is 0 Å². The summed E-state index contributed by atoms with van der Waals surface area (Å²) in [7, 11) is -3.41. The van der Waals surface area contributed by atoms with Crippen LogP contribution in [0, 0.1) is 0 Å². The van der Waals surface area contributed by atoms with Crippen LogP contribution in [0.25, 0.3) is 0 Å². The molecular weight excluding hydrogens is 268 g/mol. The number of benzene rings is 1. The molecule has 0 amide bonds. The van der Waals surface area contributed by atoms with Crippen LogP contribution in [0.4, 0.5) is 0 Å². The summed E-state index contributed by atoms with van der Waals surface area (Å²) in [5.74, 6) is -0.769. The van der Waals surface area contributed by atoms with Crippen molar-refractivity contribution in [2.75, 3.05) is 19.5 Å². The van der Waals surface area contributed by atoms with Crippen molar-refractivity contribution in [1.82, 2.24) is 0 Å². The van der Waals surface area contributed by atoms with E-state index in [0.717, 1.165) is 12.3 Å². The summed E-state index contributed by atoms with van der Waals surface area (Å²) in [6, 6.07) is 3.77. The summed E-state index contributed by atoms with van der Waals surface area (Å²) in [6.07, 6.45) is 1.03. The van der Waals surface area contributed by atoms with Crippen molar-refractivity contribution < 1.29 is 23.1 Å². The van der Waals surface area contributed by atoms with Gasteiger partial charge in [0.05, 0.1) is 22.1 Å². The summed E-state index contributed by atoms with van der Waals surface area (Å²) in [4.78, 5) is 11.5. The molecule has 0 spiro atoms. The molecular formula is C10H11ClO5S. The fourth-order valence-electron chi connectivity index (χ4n) is 1.11. The van der Waals surface area contributed by atoms with E-state index in [1.54, 1.807) is 0 Å². The lowest BCUT2D eigenvalue weighted by atomic mass is 10.2. The number of ether oxygens (including phenoxy) is 1. The average molecular weight is 279 g/mol. The number of rotatable bonds is 4. The molecule has 1 aromatic rings. The first-order chi connectivity index (χ1) is 7.86. The fourth-order valence-corrected chi connectivity index (χ4v) is 1.95. The third kappa shape index (κ3) is 3.69. The van der Waals surface area contributed by atoms with E-state index in [1.165, 1.54) is 12.1 Å². The molecule has 0 fully saturated rings. The summed E-state index contributed by atoms with van der Waals surface area (Å²) in [6.45, 7) is -0.479. The van der Waals surface area contributed by atoms with Crippen LogP contribution in [-0.4, -0.2) is 39.0 Å². The molecule has 1 N–H and O–H groups in total. The number of aliphatic hydroxyl groups excluding tert-OH is 1. The topological polar surface area (TPSA) is 80.7 Å². The van der Waals surface area contributed by atoms with Crippen molar-refractivity contribution in [3.63, 3.8) is 0 Å². The maximum Gasteiger partial charge on any atom is 0.339 e. The van der Waals surface area contributed by atoms with Crippen molar-refractivity contribution in [1.29, 1.82) is 0 Å². The molecule has 94 valence electrons. The lowest BCUT2D eigenvalue weighted by Crippen LogP contribution is -2.10. The minimum absolute atomic E-state index is 0.0159. The molecule has 0 saturated carbocycles. The number of carbonyl (C=O) groups excluding carboxylic acids is 1. The lowest BCUT2D eigenvalue weighted by molar-refractivity contribution is 0.0433. The molecule has 0 radical (unpaired) electrons. The Bertz CT molecular complexity index is 523. The van der Waals surface area contributed by atoms with E-state index in [0.29, 0.717) is 0 Å². The first kappa shape index (κ1) is 14.0. The minimum atomic E-state index is -3.41. The largest absolute Gasteiger partial charge is 0.460 e. The molecule has 0 aliphatic rings. The van der Waals surface area contributed by atoms with Gasteiger partial charge in [-0.3, -0.25) is 0 Å². The number of halogens is 1. The molecule has 1 rings (SSSR count). The molecule has 0 aliphatic carbocycles. The average Bonchev–Trinajstić information content (AvgIpc) is 2.24. The minimum Gasteiger partial charge on any atom is -0.460 e. The smallest absolute Gasteiger partial charge is 0.339 e. The second-order valence-electron chi connectivity index (χ2n) is 3.27. The summed E-state index contributed by atoms with van der Waals surface area (Å²) in [5.41, 5.74) is -0.0389. The Morgan fingerprint density at radius 1 is 1.47 bits per heavy atom. The van der Waals surface area contributed by atoms with Gasteiger partial charge in [-0.15, -0.1) is 0 Å². The Morgan fingerprint density at radius 2 is 2.12 bits per heavy atom. The van der Waals surface area contributed by atoms with Crippen LogP contribution in [-0.2, 0) is 14.6 Å². The lowest BCUT2D eigenvalue weighted by Gasteiger charge is -2.06. The van der Waals surface area contributed by atoms with E-state index in [-0.39, 0.29) is 28.7 Å². The number of esters is 1. The summed E-state index contributed by atoms with van der Waals surface area (Å²) in [5, 5.41) is 8.61. The van der Waals surface area contributed by atoms with E-state index >= 15 is 0 Å². The van der Waals surface area contributed by atoms with Gasteiger partial charge in [0.25, 0.3) is 0 Å². The summed E-state index contributed by atoms with van der Waals surface area (Å²) >= 11 is 5.76. The monoisotopic (exact) mass is 278 g/mol. The van der Waals surface area contributed by atoms with Gasteiger partial charge in [-0.1, -0.05) is 11.6 Å². The van der Waals surface area contributed by atoms with Gasteiger partial charge in [0.15, 0.2) is 9.84 Å². The highest BCUT2D eigenvalue weighted by Crippen LogP contribution is 2.21. The van der Waals surface area contributed by atoms with Crippen LogP contribution in [0.15, 0.2) is 23.1 Å². The normalized spacial score (nSPS) is 11.2. The summed E-state index contributed by atoms with van der Waals surface area (Å²) < 4.78 is 27.3. The molecule has 0 atom stereocenters. The molecule has 5 nitrogen and oxygen atoms in total. The quantitative estimate of drug-likeness (QED) is 0.828. The maximum atomic E-state index is 11.5. The molecule has 7 heteroatoms. The van der Waals surface area contributed by atoms with Gasteiger partial charge >= 0.3 is 5.97 Å². The molecule has 0 aliphatic heterocycles. The van der Waals surface area contributed by atoms with E-state index in [2.05, 4.69) is 4.74 Å². The van der Waals surface area contributed by atoms with Crippen molar-refractivity contribution in [2.45, 2.75) is 4.90 Å². The van der Waals surface area contributed by atoms with E-state index in [1.807, 2.05) is 0 Å². The van der Waals surface area contributed by atoms with Gasteiger partial charge in [-0.05, 0) is 18.2 Å². The first-order valence-electron chi connectivity index (χ1n) is 4.64. The zero-order valence-electron chi connectivity index (χ0n) is 9.01. The van der Waals surface area contributed by atoms with Gasteiger partial charge in [-0.25, -0.2) is 13.2 Å². The van der Waals surface area contributed by atoms with Crippen molar-refractivity contribution >= 4 is 27.4 Å². The molecule has 0 saturated heterocycles. The van der Waals surface area contributed by atoms with Crippen LogP contribution in [0.3, 0.4) is 0 Å². The second kappa shape index (κ2) is 5.48. The number of hydrogen-bond donors (Lipinski definition) is 1. The SMILES string of the molecule is CS(=O)(=O)c1ccc(Cl)c(C(=O)OCCO)c1. The molecule has 17 heavy (non-hydrogen) atoms. The van der Waals surface area contributed by atoms with Crippen LogP contribution in [0.2, 0.25) is 5.02 Å². The van der Waals surface area contributed by atoms with Crippen LogP contribution in [0.5, 0.6) is 0 Å². The van der Waals surface area contributed by atoms with Crippen molar-refractivity contribution in [3.05, 3.63) is 28.8 Å². The number of sulfone groups is 1. The Kier molecular flexibility index (Phi) is 4.50. The highest BCUT2D eigenvalue weighted by atomic mass is 35.5. The zero-order chi connectivity index (χ0) is 13.1. The van der Waals surface area contributed by atoms with Crippen LogP contribution < -0.4 is 0 Å². The Balaban J connectivity index is 3.11. The fraction of sp³-hybridized carbons (Fsp3) is 0.300. The van der Waals surface area contributed by atoms with Gasteiger partial charge in [0, 0.05) is 6.26 Å². The number of aliphatic hydroxyl groups is 1. The van der Waals surface area contributed by atoms with Gasteiger partial charge in [-0.2, -0.15) is 0 Å². The van der Waals surface area contributed by atoms with Crippen LogP contribution >= 0.6 is 11.6 Å². The van der Waals surface area contributed by atoms with Gasteiger partial charge < -0.3 is 9.84 Å². The number of hydrogen-bond acceptors (Lipinski definition) is 5. The second-order valence-corrected chi connectivity index (χ2v) is 5.70. The number of carbonyl (C=O) groups is 1. The van der Waals surface area contributed by atoms with E-state index < -0.39 is 15.8 Å². The molecule has 1 aromatic carbocycles. The zero-order valence-corrected chi connectivity index (χ0v) is 10.6. The third-order valence-electron chi connectivity index (χ3n) is 1.91. The highest BCUT2D eigenvalue weighted by molar-refractivity contribution is 7.90. The third-order valence-corrected chi connectivity index (χ3v) is 3.35. The Hall–Kier alpha value is -1.11. The standard InChI is InChI=1S/C10H11ClO5S/c1-17(14,15)7-2-3-9(11)8(6-7)10(13)16-5-4-12/h2-3,6,12H,4-5H2,1H3.